The fraction of sp³-hybridized carbons (Fsp3) is 0.500. The summed E-state index contributed by atoms with van der Waals surface area (Å²) < 4.78 is 10.2. The first kappa shape index (κ1) is 22.7. The lowest BCUT2D eigenvalue weighted by molar-refractivity contribution is -0.165. The Balaban J connectivity index is 3.09. The number of carboxylic acids is 1. The second kappa shape index (κ2) is 9.57. The van der Waals surface area contributed by atoms with Gasteiger partial charge in [0.1, 0.15) is 5.60 Å². The van der Waals surface area contributed by atoms with Crippen molar-refractivity contribution in [1.82, 2.24) is 5.32 Å². The average Bonchev–Trinajstić information content (AvgIpc) is 2.57. The lowest BCUT2D eigenvalue weighted by atomic mass is 9.93. The Labute approximate surface area is 163 Å². The molecule has 0 radical (unpaired) electrons. The molecule has 4 N–H and O–H groups in total. The van der Waals surface area contributed by atoms with Gasteiger partial charge >= 0.3 is 18.0 Å². The third-order valence-electron chi connectivity index (χ3n) is 3.46. The second-order valence-corrected chi connectivity index (χ2v) is 7.26. The van der Waals surface area contributed by atoms with Crippen molar-refractivity contribution in [2.75, 3.05) is 6.54 Å². The minimum atomic E-state index is -2.37. The summed E-state index contributed by atoms with van der Waals surface area (Å²) in [4.78, 5) is 36.8. The highest BCUT2D eigenvalue weighted by Gasteiger charge is 2.50. The Morgan fingerprint density at radius 2 is 1.81 bits per heavy atom. The molecule has 0 saturated carbocycles. The number of carbonyl (C=O) groups excluding carboxylic acids is 2. The number of halogens is 1. The summed E-state index contributed by atoms with van der Waals surface area (Å²) in [6.45, 7) is 4.94. The Bertz CT molecular complexity index is 662. The molecule has 0 saturated heterocycles. The van der Waals surface area contributed by atoms with Gasteiger partial charge in [0.05, 0.1) is 0 Å². The number of carboxylic acid groups (broad SMARTS) is 1. The molecule has 1 rings (SSSR count). The smallest absolute Gasteiger partial charge is 0.409 e. The summed E-state index contributed by atoms with van der Waals surface area (Å²) >= 11 is 6.08. The number of amides is 1. The van der Waals surface area contributed by atoms with Crippen LogP contribution in [0.3, 0.4) is 0 Å². The number of ether oxygens (including phenoxy) is 2. The zero-order chi connectivity index (χ0) is 20.7. The van der Waals surface area contributed by atoms with Gasteiger partial charge in [-0.15, -0.1) is 0 Å². The molecule has 1 amide bonds. The van der Waals surface area contributed by atoms with Crippen molar-refractivity contribution in [1.29, 1.82) is 0 Å². The molecule has 150 valence electrons. The van der Waals surface area contributed by atoms with Gasteiger partial charge in [0.2, 0.25) is 11.1 Å². The number of alkyl carbamates (subject to hydrolysis) is 1. The molecule has 0 spiro atoms. The largest absolute Gasteiger partial charge is 0.479 e. The number of nitrogens with two attached hydrogens (primary N) is 1. The van der Waals surface area contributed by atoms with Gasteiger partial charge in [-0.1, -0.05) is 41.9 Å². The van der Waals surface area contributed by atoms with Crippen molar-refractivity contribution in [3.63, 3.8) is 0 Å². The molecule has 0 aliphatic rings. The molecule has 9 heteroatoms. The van der Waals surface area contributed by atoms with Crippen LogP contribution in [0.1, 0.15) is 44.7 Å². The predicted molar refractivity (Wildman–Crippen MR) is 99.2 cm³/mol. The third kappa shape index (κ3) is 6.73. The molecule has 0 aliphatic carbocycles. The molecule has 2 atom stereocenters. The molecule has 0 fully saturated rings. The van der Waals surface area contributed by atoms with E-state index >= 15 is 0 Å². The molecule has 8 nitrogen and oxygen atoms in total. The number of aliphatic carboxylic acids is 1. The Kier molecular flexibility index (Phi) is 8.05. The van der Waals surface area contributed by atoms with E-state index in [1.54, 1.807) is 51.1 Å². The maximum Gasteiger partial charge on any atom is 0.409 e. The summed E-state index contributed by atoms with van der Waals surface area (Å²) in [5, 5.41) is 11.8. The monoisotopic (exact) mass is 400 g/mol. The van der Waals surface area contributed by atoms with Crippen molar-refractivity contribution in [3.05, 3.63) is 35.9 Å². The van der Waals surface area contributed by atoms with E-state index < -0.39 is 34.7 Å². The summed E-state index contributed by atoms with van der Waals surface area (Å²) in [6.07, 6.45) is -1.20. The molecular formula is C18H25ClN2O6. The van der Waals surface area contributed by atoms with E-state index in [0.29, 0.717) is 5.56 Å². The third-order valence-corrected chi connectivity index (χ3v) is 3.80. The zero-order valence-corrected chi connectivity index (χ0v) is 16.3. The Hall–Kier alpha value is -2.32. The topological polar surface area (TPSA) is 128 Å². The van der Waals surface area contributed by atoms with Gasteiger partial charge in [0.15, 0.2) is 0 Å². The van der Waals surface area contributed by atoms with Crippen molar-refractivity contribution in [3.8, 4) is 0 Å². The first-order chi connectivity index (χ1) is 12.5. The summed E-state index contributed by atoms with van der Waals surface area (Å²) in [5.41, 5.74) is 1.43. The van der Waals surface area contributed by atoms with Gasteiger partial charge in [-0.25, -0.2) is 14.4 Å². The van der Waals surface area contributed by atoms with E-state index in [4.69, 9.17) is 26.8 Å². The number of hydrogen-bond acceptors (Lipinski definition) is 6. The van der Waals surface area contributed by atoms with Crippen LogP contribution in [-0.2, 0) is 19.1 Å². The zero-order valence-electron chi connectivity index (χ0n) is 15.5. The number of nitrogens with one attached hydrogen (secondary N) is 1. The molecule has 0 aliphatic heterocycles. The van der Waals surface area contributed by atoms with E-state index in [1.165, 1.54) is 0 Å². The SMILES string of the molecule is CC(C)(C)OC(=O)NC(CCCN)(C(=O)O)C(=O)OC(Cl)c1ccccc1. The molecule has 0 aromatic heterocycles. The number of alkyl halides is 1. The first-order valence-corrected chi connectivity index (χ1v) is 8.80. The second-order valence-electron chi connectivity index (χ2n) is 6.86. The number of hydrogen-bond donors (Lipinski definition) is 3. The number of rotatable bonds is 8. The van der Waals surface area contributed by atoms with Crippen LogP contribution in [0.15, 0.2) is 30.3 Å². The number of carbonyl (C=O) groups is 3. The van der Waals surface area contributed by atoms with E-state index in [9.17, 15) is 19.5 Å². The fourth-order valence-corrected chi connectivity index (χ4v) is 2.40. The lowest BCUT2D eigenvalue weighted by Gasteiger charge is -2.30. The Morgan fingerprint density at radius 1 is 1.22 bits per heavy atom. The lowest BCUT2D eigenvalue weighted by Crippen LogP contribution is -2.61. The predicted octanol–water partition coefficient (Wildman–Crippen LogP) is 2.55. The highest BCUT2D eigenvalue weighted by atomic mass is 35.5. The minimum Gasteiger partial charge on any atom is -0.479 e. The Morgan fingerprint density at radius 3 is 2.30 bits per heavy atom. The summed E-state index contributed by atoms with van der Waals surface area (Å²) in [6, 6.07) is 8.37. The van der Waals surface area contributed by atoms with Crippen LogP contribution in [0, 0.1) is 0 Å². The van der Waals surface area contributed by atoms with Gasteiger partial charge in [-0.3, -0.25) is 5.32 Å². The van der Waals surface area contributed by atoms with Crippen LogP contribution in [-0.4, -0.2) is 40.8 Å². The molecule has 2 unspecified atom stereocenters. The van der Waals surface area contributed by atoms with Crippen LogP contribution >= 0.6 is 11.6 Å². The molecular weight excluding hydrogens is 376 g/mol. The van der Waals surface area contributed by atoms with Gasteiger partial charge < -0.3 is 20.3 Å². The molecule has 0 bridgehead atoms. The van der Waals surface area contributed by atoms with Crippen molar-refractivity contribution in [2.45, 2.75) is 50.3 Å². The highest BCUT2D eigenvalue weighted by molar-refractivity contribution is 6.21. The molecule has 1 aromatic carbocycles. The van der Waals surface area contributed by atoms with Crippen LogP contribution in [0.5, 0.6) is 0 Å². The van der Waals surface area contributed by atoms with E-state index in [-0.39, 0.29) is 19.4 Å². The maximum atomic E-state index is 12.7. The quantitative estimate of drug-likeness (QED) is 0.347. The number of esters is 1. The van der Waals surface area contributed by atoms with E-state index in [0.717, 1.165) is 0 Å². The van der Waals surface area contributed by atoms with Gasteiger partial charge in [-0.2, -0.15) is 0 Å². The first-order valence-electron chi connectivity index (χ1n) is 8.36. The van der Waals surface area contributed by atoms with Crippen molar-refractivity contribution < 1.29 is 29.0 Å². The molecule has 27 heavy (non-hydrogen) atoms. The van der Waals surface area contributed by atoms with Gasteiger partial charge in [0.25, 0.3) is 0 Å². The van der Waals surface area contributed by atoms with Gasteiger partial charge in [0, 0.05) is 5.56 Å². The van der Waals surface area contributed by atoms with Crippen LogP contribution in [0.2, 0.25) is 0 Å². The highest BCUT2D eigenvalue weighted by Crippen LogP contribution is 2.26. The van der Waals surface area contributed by atoms with Crippen LogP contribution in [0.4, 0.5) is 4.79 Å². The standard InChI is InChI=1S/C18H25ClN2O6/c1-17(2,3)27-16(25)21-18(14(22)23,10-7-11-20)15(24)26-13(19)12-8-5-4-6-9-12/h4-6,8-9,13H,7,10-11,20H2,1-3H3,(H,21,25)(H,22,23). The van der Waals surface area contributed by atoms with Crippen LogP contribution < -0.4 is 11.1 Å². The maximum absolute atomic E-state index is 12.7. The van der Waals surface area contributed by atoms with Gasteiger partial charge in [-0.05, 0) is 40.2 Å². The van der Waals surface area contributed by atoms with Crippen LogP contribution in [0.25, 0.3) is 0 Å². The molecule has 0 heterocycles. The van der Waals surface area contributed by atoms with E-state index in [1.807, 2.05) is 0 Å². The molecule has 1 aromatic rings. The van der Waals surface area contributed by atoms with E-state index in [2.05, 4.69) is 5.32 Å². The van der Waals surface area contributed by atoms with Crippen molar-refractivity contribution >= 4 is 29.6 Å². The normalized spacial score (nSPS) is 14.6. The fourth-order valence-electron chi connectivity index (χ4n) is 2.18. The minimum absolute atomic E-state index is 0.112. The average molecular weight is 401 g/mol. The number of benzene rings is 1. The summed E-state index contributed by atoms with van der Waals surface area (Å²) in [5.74, 6) is -2.80. The summed E-state index contributed by atoms with van der Waals surface area (Å²) in [7, 11) is 0. The van der Waals surface area contributed by atoms with Crippen molar-refractivity contribution in [2.24, 2.45) is 5.73 Å².